The van der Waals surface area contributed by atoms with Crippen molar-refractivity contribution in [1.29, 1.82) is 0 Å². The van der Waals surface area contributed by atoms with Gasteiger partial charge in [-0.25, -0.2) is 27.0 Å². The molecule has 6 rings (SSSR count). The molecule has 0 bridgehead atoms. The second-order valence-corrected chi connectivity index (χ2v) is 18.7. The number of carbonyl (C=O) groups excluding carboxylic acids is 4. The number of allylic oxidation sites excluding steroid dienone is 1. The van der Waals surface area contributed by atoms with E-state index in [1.807, 2.05) is 39.0 Å². The predicted molar refractivity (Wildman–Crippen MR) is 211 cm³/mol. The normalized spacial score (nSPS) is 28.9. The molecule has 0 radical (unpaired) electrons. The van der Waals surface area contributed by atoms with Gasteiger partial charge in [0.05, 0.1) is 18.4 Å². The van der Waals surface area contributed by atoms with Gasteiger partial charge in [0.1, 0.15) is 29.5 Å². The quantitative estimate of drug-likeness (QED) is 0.248. The van der Waals surface area contributed by atoms with E-state index in [-0.39, 0.29) is 31.2 Å². The Morgan fingerprint density at radius 3 is 2.50 bits per heavy atom. The van der Waals surface area contributed by atoms with Gasteiger partial charge in [0.15, 0.2) is 5.60 Å². The molecule has 1 aromatic heterocycles. The van der Waals surface area contributed by atoms with Crippen molar-refractivity contribution in [3.05, 3.63) is 42.6 Å². The summed E-state index contributed by atoms with van der Waals surface area (Å²) in [4.78, 5) is 62.4. The Labute approximate surface area is 338 Å². The third-order valence-electron chi connectivity index (χ3n) is 11.9. The second-order valence-electron chi connectivity index (χ2n) is 16.8. The van der Waals surface area contributed by atoms with Gasteiger partial charge >= 0.3 is 6.09 Å². The Hall–Kier alpha value is -4.54. The van der Waals surface area contributed by atoms with Gasteiger partial charge in [-0.1, -0.05) is 32.4 Å². The van der Waals surface area contributed by atoms with Gasteiger partial charge in [0.2, 0.25) is 27.7 Å². The Bertz CT molecular complexity index is 2040. The van der Waals surface area contributed by atoms with E-state index in [0.29, 0.717) is 63.2 Å². The molecule has 3 fully saturated rings. The van der Waals surface area contributed by atoms with Gasteiger partial charge in [-0.05, 0) is 101 Å². The molecule has 1 saturated heterocycles. The summed E-state index contributed by atoms with van der Waals surface area (Å²) in [6, 6.07) is 4.68. The van der Waals surface area contributed by atoms with Crippen molar-refractivity contribution in [3.63, 3.8) is 0 Å². The number of fused-ring (bicyclic) bond motifs is 3. The Balaban J connectivity index is 1.36. The average molecular weight is 832 g/mol. The largest absolute Gasteiger partial charge is 0.494 e. The number of rotatable bonds is 11. The van der Waals surface area contributed by atoms with E-state index >= 15 is 0 Å². The number of sulfonamides is 1. The van der Waals surface area contributed by atoms with Crippen LogP contribution in [0.3, 0.4) is 0 Å². The van der Waals surface area contributed by atoms with Crippen molar-refractivity contribution in [1.82, 2.24) is 25.2 Å². The highest BCUT2D eigenvalue weighted by molar-refractivity contribution is 7.91. The summed E-state index contributed by atoms with van der Waals surface area (Å²) >= 11 is 0. The molecule has 14 nitrogen and oxygen atoms in total. The van der Waals surface area contributed by atoms with Gasteiger partial charge in [0.25, 0.3) is 11.8 Å². The molecule has 17 heteroatoms. The molecule has 3 N–H and O–H groups in total. The molecular formula is C41H55F2N5O9S. The van der Waals surface area contributed by atoms with Crippen LogP contribution >= 0.6 is 0 Å². The molecule has 2 saturated carbocycles. The number of hydrogen-bond acceptors (Lipinski definition) is 10. The minimum Gasteiger partial charge on any atom is -0.494 e. The zero-order valence-corrected chi connectivity index (χ0v) is 34.7. The maximum absolute atomic E-state index is 14.9. The number of amides is 4. The monoisotopic (exact) mass is 831 g/mol. The molecule has 58 heavy (non-hydrogen) atoms. The van der Waals surface area contributed by atoms with Crippen molar-refractivity contribution in [2.45, 2.75) is 133 Å². The SMILES string of the molecule is CCOc1ccc2c(O[C@@H]3C[C@H]4C(=O)N[C@]5(C(=O)NS(=O)(=O)C6CC6)C[C@H]5/C=C\CC[C@@H](C)C[C@@H](CC)[C@H](NC(=O)OC(C)(C)C(C)(F)F)C(=O)N4C3)nccc2c1. The lowest BCUT2D eigenvalue weighted by molar-refractivity contribution is -0.152. The van der Waals surface area contributed by atoms with Crippen molar-refractivity contribution >= 4 is 44.6 Å². The zero-order valence-electron chi connectivity index (χ0n) is 33.9. The van der Waals surface area contributed by atoms with E-state index in [4.69, 9.17) is 14.2 Å². The number of alkyl halides is 2. The predicted octanol–water partition coefficient (Wildman–Crippen LogP) is 5.40. The molecule has 0 unspecified atom stereocenters. The highest BCUT2D eigenvalue weighted by Gasteiger charge is 2.62. The molecule has 0 spiro atoms. The maximum atomic E-state index is 14.9. The van der Waals surface area contributed by atoms with Crippen molar-refractivity contribution in [2.75, 3.05) is 13.2 Å². The first-order valence-electron chi connectivity index (χ1n) is 20.2. The molecule has 1 aromatic carbocycles. The molecule has 3 heterocycles. The minimum atomic E-state index is -3.96. The maximum Gasteiger partial charge on any atom is 0.408 e. The molecule has 7 atom stereocenters. The van der Waals surface area contributed by atoms with Crippen LogP contribution in [-0.4, -0.2) is 95.8 Å². The van der Waals surface area contributed by atoms with E-state index in [1.54, 1.807) is 24.4 Å². The highest BCUT2D eigenvalue weighted by Crippen LogP contribution is 2.46. The molecule has 318 valence electrons. The standard InChI is InChI=1S/C41H55F2N5O9S/c1-7-25-19-24(3)11-9-10-12-27-22-41(27,37(51)47-58(53,54)30-14-15-30)46-34(49)32-21-29(56-35-31-16-13-28(55-8-2)20-26(31)17-18-44-35)23-48(32)36(50)33(25)45-38(52)57-39(4,5)40(6,42)43/h10,12-13,16-18,20,24-25,27,29-30,32-33H,7-9,11,14-15,19,21-23H2,1-6H3,(H,45,52)(H,46,49)(H,47,51)/b12-10-/t24-,25-,27-,29-,32+,33+,41-/m1/s1. The number of halogens is 2. The van der Waals surface area contributed by atoms with Crippen LogP contribution in [-0.2, 0) is 29.1 Å². The van der Waals surface area contributed by atoms with Crippen LogP contribution in [0.4, 0.5) is 13.6 Å². The van der Waals surface area contributed by atoms with E-state index in [9.17, 15) is 36.4 Å². The van der Waals surface area contributed by atoms with Crippen molar-refractivity contribution in [2.24, 2.45) is 17.8 Å². The minimum absolute atomic E-state index is 0.0334. The number of pyridine rings is 1. The fourth-order valence-electron chi connectivity index (χ4n) is 7.83. The number of ether oxygens (including phenoxy) is 3. The molecule has 2 aliphatic carbocycles. The van der Waals surface area contributed by atoms with E-state index in [0.717, 1.165) is 19.2 Å². The lowest BCUT2D eigenvalue weighted by Crippen LogP contribution is -2.59. The average Bonchev–Trinajstić information content (AvgIpc) is 4.07. The summed E-state index contributed by atoms with van der Waals surface area (Å²) in [6.07, 6.45) is 6.39. The summed E-state index contributed by atoms with van der Waals surface area (Å²) in [7, 11) is -3.96. The number of aromatic nitrogens is 1. The van der Waals surface area contributed by atoms with Crippen LogP contribution in [0.1, 0.15) is 92.9 Å². The number of benzene rings is 1. The third-order valence-corrected chi connectivity index (χ3v) is 13.8. The first-order valence-corrected chi connectivity index (χ1v) is 21.7. The van der Waals surface area contributed by atoms with E-state index in [1.165, 1.54) is 4.90 Å². The van der Waals surface area contributed by atoms with Crippen molar-refractivity contribution < 1.29 is 50.6 Å². The van der Waals surface area contributed by atoms with Gasteiger partial charge in [-0.15, -0.1) is 0 Å². The van der Waals surface area contributed by atoms with Crippen LogP contribution < -0.4 is 24.8 Å². The van der Waals surface area contributed by atoms with Gasteiger partial charge in [-0.3, -0.25) is 19.1 Å². The number of hydrogen-bond donors (Lipinski definition) is 3. The van der Waals surface area contributed by atoms with Crippen LogP contribution in [0.15, 0.2) is 42.6 Å². The lowest BCUT2D eigenvalue weighted by Gasteiger charge is -2.35. The Morgan fingerprint density at radius 2 is 1.83 bits per heavy atom. The van der Waals surface area contributed by atoms with E-state index in [2.05, 4.69) is 20.3 Å². The fourth-order valence-corrected chi connectivity index (χ4v) is 9.19. The first-order chi connectivity index (χ1) is 27.3. The number of nitrogens with zero attached hydrogens (tertiary/aromatic N) is 2. The summed E-state index contributed by atoms with van der Waals surface area (Å²) in [5.74, 6) is -5.70. The Kier molecular flexibility index (Phi) is 12.3. The summed E-state index contributed by atoms with van der Waals surface area (Å²) in [5.41, 5.74) is -3.80. The number of nitrogens with one attached hydrogen (secondary N) is 3. The second kappa shape index (κ2) is 16.6. The zero-order chi connectivity index (χ0) is 42.2. The first kappa shape index (κ1) is 43.0. The summed E-state index contributed by atoms with van der Waals surface area (Å²) < 4.78 is 74.2. The van der Waals surface area contributed by atoms with Gasteiger partial charge < -0.3 is 29.7 Å². The van der Waals surface area contributed by atoms with Gasteiger partial charge in [0, 0.05) is 30.8 Å². The van der Waals surface area contributed by atoms with Crippen molar-refractivity contribution in [3.8, 4) is 11.6 Å². The van der Waals surface area contributed by atoms with Crippen LogP contribution in [0.5, 0.6) is 11.6 Å². The topological polar surface area (TPSA) is 182 Å². The highest BCUT2D eigenvalue weighted by atomic mass is 32.2. The molecule has 4 aliphatic rings. The van der Waals surface area contributed by atoms with Crippen LogP contribution in [0.25, 0.3) is 10.8 Å². The van der Waals surface area contributed by atoms with Crippen LogP contribution in [0.2, 0.25) is 0 Å². The smallest absolute Gasteiger partial charge is 0.408 e. The summed E-state index contributed by atoms with van der Waals surface area (Å²) in [6.45, 7) is 8.87. The number of carbonyl (C=O) groups is 4. The Morgan fingerprint density at radius 1 is 1.09 bits per heavy atom. The third kappa shape index (κ3) is 9.34. The molecule has 2 aromatic rings. The van der Waals surface area contributed by atoms with E-state index < -0.39 is 86.2 Å². The molecule has 4 amide bonds. The van der Waals surface area contributed by atoms with Crippen LogP contribution in [0, 0.1) is 17.8 Å². The molecule has 2 aliphatic heterocycles. The fraction of sp³-hybridized carbons (Fsp3) is 0.634. The van der Waals surface area contributed by atoms with Gasteiger partial charge in [-0.2, -0.15) is 0 Å². The molecular weight excluding hydrogens is 777 g/mol. The number of alkyl carbamates (subject to hydrolysis) is 1. The summed E-state index contributed by atoms with van der Waals surface area (Å²) in [5, 5.41) is 6.20. The lowest BCUT2D eigenvalue weighted by atomic mass is 9.85.